The number of benzene rings is 5. The van der Waals surface area contributed by atoms with Crippen molar-refractivity contribution >= 4 is 51.2 Å². The van der Waals surface area contributed by atoms with Gasteiger partial charge in [-0.1, -0.05) is 90.5 Å². The minimum absolute atomic E-state index is 0.259. The van der Waals surface area contributed by atoms with Gasteiger partial charge in [0.25, 0.3) is 5.91 Å². The summed E-state index contributed by atoms with van der Waals surface area (Å²) >= 11 is 6.16. The van der Waals surface area contributed by atoms with E-state index in [4.69, 9.17) is 16.3 Å². The lowest BCUT2D eigenvalue weighted by Gasteiger charge is -2.11. The number of nitrogens with one attached hydrogen (secondary N) is 1. The quantitative estimate of drug-likeness (QED) is 0.133. The Morgan fingerprint density at radius 2 is 1.34 bits per heavy atom. The zero-order chi connectivity index (χ0) is 24.2. The number of hydrogen-bond donors (Lipinski definition) is 1. The highest BCUT2D eigenvalue weighted by atomic mass is 35.5. The van der Waals surface area contributed by atoms with Crippen LogP contribution in [-0.4, -0.2) is 18.1 Å². The van der Waals surface area contributed by atoms with Gasteiger partial charge in [0.2, 0.25) is 0 Å². The Labute approximate surface area is 206 Å². The van der Waals surface area contributed by atoms with Crippen LogP contribution in [0.25, 0.3) is 21.5 Å². The Balaban J connectivity index is 1.46. The second kappa shape index (κ2) is 9.79. The van der Waals surface area contributed by atoms with Crippen LogP contribution in [0.3, 0.4) is 0 Å². The summed E-state index contributed by atoms with van der Waals surface area (Å²) in [6.45, 7) is 0. The van der Waals surface area contributed by atoms with Crippen LogP contribution < -0.4 is 10.2 Å². The van der Waals surface area contributed by atoms with Crippen molar-refractivity contribution in [3.63, 3.8) is 0 Å². The Hall–Kier alpha value is -4.48. The molecule has 170 valence electrons. The molecule has 0 heterocycles. The highest BCUT2D eigenvalue weighted by molar-refractivity contribution is 6.33. The van der Waals surface area contributed by atoms with Crippen LogP contribution in [0.5, 0.6) is 5.75 Å². The fourth-order valence-corrected chi connectivity index (χ4v) is 4.13. The van der Waals surface area contributed by atoms with Gasteiger partial charge in [-0.25, -0.2) is 10.2 Å². The summed E-state index contributed by atoms with van der Waals surface area (Å²) in [4.78, 5) is 25.7. The van der Waals surface area contributed by atoms with Gasteiger partial charge >= 0.3 is 5.97 Å². The maximum absolute atomic E-state index is 12.9. The Bertz CT molecular complexity index is 1610. The first-order chi connectivity index (χ1) is 17.1. The van der Waals surface area contributed by atoms with Gasteiger partial charge in [0.05, 0.1) is 16.8 Å². The van der Waals surface area contributed by atoms with Crippen molar-refractivity contribution in [2.24, 2.45) is 5.10 Å². The maximum Gasteiger partial charge on any atom is 0.345 e. The van der Waals surface area contributed by atoms with E-state index in [1.54, 1.807) is 36.4 Å². The number of amides is 1. The SMILES string of the molecule is O=C(Oc1ccc2ccccc2c1/C=N/NC(=O)c1cccc2ccccc12)c1ccccc1Cl. The molecule has 5 nitrogen and oxygen atoms in total. The van der Waals surface area contributed by atoms with Crippen LogP contribution >= 0.6 is 11.6 Å². The van der Waals surface area contributed by atoms with Crippen LogP contribution in [-0.2, 0) is 0 Å². The van der Waals surface area contributed by atoms with E-state index in [2.05, 4.69) is 10.5 Å². The largest absolute Gasteiger partial charge is 0.422 e. The van der Waals surface area contributed by atoms with Crippen LogP contribution in [0.15, 0.2) is 108 Å². The summed E-state index contributed by atoms with van der Waals surface area (Å²) < 4.78 is 5.69. The number of esters is 1. The van der Waals surface area contributed by atoms with Crippen LogP contribution in [0.1, 0.15) is 26.3 Å². The van der Waals surface area contributed by atoms with Gasteiger partial charge < -0.3 is 4.74 Å². The van der Waals surface area contributed by atoms with E-state index in [1.807, 2.05) is 66.7 Å². The zero-order valence-electron chi connectivity index (χ0n) is 18.4. The van der Waals surface area contributed by atoms with Gasteiger partial charge in [0.1, 0.15) is 5.75 Å². The average Bonchev–Trinajstić information content (AvgIpc) is 2.89. The number of carbonyl (C=O) groups is 2. The molecule has 1 N–H and O–H groups in total. The molecule has 0 spiro atoms. The standard InChI is InChI=1S/C29H19ClN2O3/c30-26-15-6-5-13-24(26)29(34)35-27-17-16-20-9-2-4-12-22(20)25(27)18-31-32-28(33)23-14-7-10-19-8-1-3-11-21(19)23/h1-18H,(H,32,33)/b31-18+. The molecule has 0 saturated carbocycles. The molecule has 6 heteroatoms. The van der Waals surface area contributed by atoms with E-state index in [1.165, 1.54) is 6.21 Å². The highest BCUT2D eigenvalue weighted by Gasteiger charge is 2.16. The summed E-state index contributed by atoms with van der Waals surface area (Å²) in [6.07, 6.45) is 1.49. The molecule has 0 aliphatic rings. The van der Waals surface area contributed by atoms with Crippen molar-refractivity contribution in [3.8, 4) is 5.75 Å². The van der Waals surface area contributed by atoms with E-state index in [9.17, 15) is 9.59 Å². The fourth-order valence-electron chi connectivity index (χ4n) is 3.92. The Morgan fingerprint density at radius 1 is 0.714 bits per heavy atom. The molecule has 0 aliphatic heterocycles. The first-order valence-corrected chi connectivity index (χ1v) is 11.3. The number of halogens is 1. The minimum atomic E-state index is -0.583. The topological polar surface area (TPSA) is 67.8 Å². The van der Waals surface area contributed by atoms with E-state index >= 15 is 0 Å². The van der Waals surface area contributed by atoms with Gasteiger partial charge in [-0.2, -0.15) is 5.10 Å². The number of hydrogen-bond acceptors (Lipinski definition) is 4. The van der Waals surface area contributed by atoms with Gasteiger partial charge in [-0.05, 0) is 45.8 Å². The third-order valence-corrected chi connectivity index (χ3v) is 5.95. The van der Waals surface area contributed by atoms with Crippen molar-refractivity contribution in [1.82, 2.24) is 5.43 Å². The zero-order valence-corrected chi connectivity index (χ0v) is 19.2. The summed E-state index contributed by atoms with van der Waals surface area (Å²) in [7, 11) is 0. The molecule has 0 fully saturated rings. The molecular weight excluding hydrogens is 460 g/mol. The predicted octanol–water partition coefficient (Wildman–Crippen LogP) is 6.63. The second-order valence-electron chi connectivity index (χ2n) is 7.79. The van der Waals surface area contributed by atoms with Gasteiger partial charge in [-0.15, -0.1) is 0 Å². The summed E-state index contributed by atoms with van der Waals surface area (Å²) in [6, 6.07) is 31.1. The first kappa shape index (κ1) is 22.3. The number of rotatable bonds is 5. The Kier molecular flexibility index (Phi) is 6.24. The van der Waals surface area contributed by atoms with Crippen molar-refractivity contribution in [3.05, 3.63) is 125 Å². The monoisotopic (exact) mass is 478 g/mol. The van der Waals surface area contributed by atoms with Gasteiger partial charge in [0, 0.05) is 11.1 Å². The number of carbonyl (C=O) groups excluding carboxylic acids is 2. The lowest BCUT2D eigenvalue weighted by atomic mass is 10.0. The van der Waals surface area contributed by atoms with Crippen LogP contribution in [0, 0.1) is 0 Å². The summed E-state index contributed by atoms with van der Waals surface area (Å²) in [5, 5.41) is 8.05. The predicted molar refractivity (Wildman–Crippen MR) is 139 cm³/mol. The van der Waals surface area contributed by atoms with E-state index < -0.39 is 5.97 Å². The molecule has 0 unspecified atom stereocenters. The molecule has 0 saturated heterocycles. The third kappa shape index (κ3) is 4.63. The lowest BCUT2D eigenvalue weighted by Crippen LogP contribution is -2.18. The molecule has 5 rings (SSSR count). The molecule has 5 aromatic carbocycles. The molecule has 5 aromatic rings. The van der Waals surface area contributed by atoms with Crippen LogP contribution in [0.2, 0.25) is 5.02 Å². The summed E-state index contributed by atoms with van der Waals surface area (Å²) in [5.74, 6) is -0.620. The van der Waals surface area contributed by atoms with Crippen molar-refractivity contribution in [1.29, 1.82) is 0 Å². The number of nitrogens with zero attached hydrogens (tertiary/aromatic N) is 1. The summed E-state index contributed by atoms with van der Waals surface area (Å²) in [5.41, 5.74) is 3.93. The van der Waals surface area contributed by atoms with E-state index in [0.717, 1.165) is 21.5 Å². The Morgan fingerprint density at radius 3 is 2.14 bits per heavy atom. The lowest BCUT2D eigenvalue weighted by molar-refractivity contribution is 0.0734. The number of hydrazone groups is 1. The third-order valence-electron chi connectivity index (χ3n) is 5.62. The molecule has 0 radical (unpaired) electrons. The number of fused-ring (bicyclic) bond motifs is 2. The van der Waals surface area contributed by atoms with E-state index in [-0.39, 0.29) is 11.5 Å². The molecule has 0 aromatic heterocycles. The fraction of sp³-hybridized carbons (Fsp3) is 0. The number of ether oxygens (including phenoxy) is 1. The molecule has 0 atom stereocenters. The molecule has 0 aliphatic carbocycles. The van der Waals surface area contributed by atoms with E-state index in [0.29, 0.717) is 21.9 Å². The molecule has 0 bridgehead atoms. The molecular formula is C29H19ClN2O3. The van der Waals surface area contributed by atoms with Crippen molar-refractivity contribution in [2.45, 2.75) is 0 Å². The van der Waals surface area contributed by atoms with Gasteiger partial charge in [0.15, 0.2) is 0 Å². The van der Waals surface area contributed by atoms with Gasteiger partial charge in [-0.3, -0.25) is 4.79 Å². The average molecular weight is 479 g/mol. The first-order valence-electron chi connectivity index (χ1n) is 10.9. The minimum Gasteiger partial charge on any atom is -0.422 e. The van der Waals surface area contributed by atoms with Crippen molar-refractivity contribution in [2.75, 3.05) is 0 Å². The molecule has 35 heavy (non-hydrogen) atoms. The smallest absolute Gasteiger partial charge is 0.345 e. The maximum atomic E-state index is 12.9. The normalized spacial score (nSPS) is 11.1. The highest BCUT2D eigenvalue weighted by Crippen LogP contribution is 2.28. The van der Waals surface area contributed by atoms with Crippen LogP contribution in [0.4, 0.5) is 0 Å². The molecule has 1 amide bonds. The second-order valence-corrected chi connectivity index (χ2v) is 8.20. The van der Waals surface area contributed by atoms with Crippen molar-refractivity contribution < 1.29 is 14.3 Å².